The number of halogens is 2. The van der Waals surface area contributed by atoms with Crippen molar-refractivity contribution in [1.82, 2.24) is 10.3 Å². The molecule has 4 rings (SSSR count). The van der Waals surface area contributed by atoms with E-state index in [1.54, 1.807) is 18.2 Å². The summed E-state index contributed by atoms with van der Waals surface area (Å²) in [5.74, 6) is -0.439. The molecule has 5 nitrogen and oxygen atoms in total. The second-order valence-corrected chi connectivity index (χ2v) is 8.75. The lowest BCUT2D eigenvalue weighted by atomic mass is 9.79. The molecule has 0 atom stereocenters. The summed E-state index contributed by atoms with van der Waals surface area (Å²) in [6, 6.07) is 10.2. The predicted octanol–water partition coefficient (Wildman–Crippen LogP) is 1.00. The van der Waals surface area contributed by atoms with Gasteiger partial charge in [0.1, 0.15) is 11.5 Å². The van der Waals surface area contributed by atoms with E-state index < -0.39 is 11.4 Å². The number of hydrogen-bond donors (Lipinski definition) is 2. The van der Waals surface area contributed by atoms with Crippen LogP contribution in [0.5, 0.6) is 0 Å². The van der Waals surface area contributed by atoms with Crippen molar-refractivity contribution < 1.29 is 26.4 Å². The van der Waals surface area contributed by atoms with Gasteiger partial charge in [0.05, 0.1) is 0 Å². The molecule has 2 saturated carbocycles. The molecule has 2 aromatic rings. The van der Waals surface area contributed by atoms with Gasteiger partial charge in [-0.3, -0.25) is 9.59 Å². The lowest BCUT2D eigenvalue weighted by Gasteiger charge is -2.37. The summed E-state index contributed by atoms with van der Waals surface area (Å²) in [5, 5.41) is 3.09. The zero-order valence-electron chi connectivity index (χ0n) is 17.5. The van der Waals surface area contributed by atoms with Gasteiger partial charge in [0, 0.05) is 24.1 Å². The maximum Gasteiger partial charge on any atom is 0.270 e. The van der Waals surface area contributed by atoms with Crippen molar-refractivity contribution >= 4 is 11.8 Å². The minimum Gasteiger partial charge on any atom is -1.00 e. The third-order valence-electron chi connectivity index (χ3n) is 6.25. The summed E-state index contributed by atoms with van der Waals surface area (Å²) in [7, 11) is 0. The van der Waals surface area contributed by atoms with Gasteiger partial charge in [-0.2, -0.15) is 0 Å². The predicted molar refractivity (Wildman–Crippen MR) is 113 cm³/mol. The number of hydrogen-bond acceptors (Lipinski definition) is 3. The molecular weight excluding hydrogens is 417 g/mol. The van der Waals surface area contributed by atoms with Gasteiger partial charge in [0.2, 0.25) is 5.91 Å². The molecule has 0 bridgehead atoms. The highest BCUT2D eigenvalue weighted by Crippen LogP contribution is 2.41. The highest BCUT2D eigenvalue weighted by molar-refractivity contribution is 5.93. The molecule has 0 saturated heterocycles. The third-order valence-corrected chi connectivity index (χ3v) is 6.25. The van der Waals surface area contributed by atoms with Gasteiger partial charge in [0.15, 0.2) is 0 Å². The SMILES string of the molecule is NC(=O)CC1(NC(=O)c2ccc(C3CC3)c(Cc3ccc(F)cc3)n2)CCCCC1.[Cl-]. The van der Waals surface area contributed by atoms with Crippen molar-refractivity contribution in [2.24, 2.45) is 5.73 Å². The van der Waals surface area contributed by atoms with Gasteiger partial charge in [-0.1, -0.05) is 37.5 Å². The molecule has 2 aliphatic carbocycles. The van der Waals surface area contributed by atoms with Crippen molar-refractivity contribution in [3.05, 3.63) is 64.7 Å². The van der Waals surface area contributed by atoms with E-state index in [-0.39, 0.29) is 30.6 Å². The van der Waals surface area contributed by atoms with Crippen molar-refractivity contribution in [1.29, 1.82) is 0 Å². The molecule has 7 heteroatoms. The summed E-state index contributed by atoms with van der Waals surface area (Å²) in [4.78, 5) is 29.4. The number of carbonyl (C=O) groups excluding carboxylic acids is 2. The van der Waals surface area contributed by atoms with Crippen molar-refractivity contribution in [3.63, 3.8) is 0 Å². The van der Waals surface area contributed by atoms with E-state index in [2.05, 4.69) is 5.32 Å². The minimum atomic E-state index is -0.574. The molecule has 31 heavy (non-hydrogen) atoms. The molecule has 2 fully saturated rings. The topological polar surface area (TPSA) is 85.1 Å². The number of pyridine rings is 1. The number of nitrogens with one attached hydrogen (secondary N) is 1. The quantitative estimate of drug-likeness (QED) is 0.668. The average molecular weight is 445 g/mol. The average Bonchev–Trinajstić information content (AvgIpc) is 3.55. The lowest BCUT2D eigenvalue weighted by Crippen LogP contribution is -3.00. The summed E-state index contributed by atoms with van der Waals surface area (Å²) >= 11 is 0. The number of carbonyl (C=O) groups is 2. The molecule has 1 aromatic heterocycles. The van der Waals surface area contributed by atoms with E-state index >= 15 is 0 Å². The Morgan fingerprint density at radius 1 is 1.06 bits per heavy atom. The van der Waals surface area contributed by atoms with E-state index in [4.69, 9.17) is 10.7 Å². The van der Waals surface area contributed by atoms with Crippen LogP contribution in [0.15, 0.2) is 36.4 Å². The molecular formula is C24H28ClFN3O2-. The minimum absolute atomic E-state index is 0. The first kappa shape index (κ1) is 23.2. The molecule has 0 spiro atoms. The Hall–Kier alpha value is -2.47. The number of nitrogens with two attached hydrogens (primary N) is 1. The van der Waals surface area contributed by atoms with Crippen molar-refractivity contribution in [3.8, 4) is 0 Å². The fourth-order valence-electron chi connectivity index (χ4n) is 4.55. The van der Waals surface area contributed by atoms with E-state index in [0.29, 0.717) is 18.0 Å². The summed E-state index contributed by atoms with van der Waals surface area (Å²) in [5.41, 5.74) is 8.24. The molecule has 2 amide bonds. The maximum absolute atomic E-state index is 13.3. The largest absolute Gasteiger partial charge is 1.00 e. The van der Waals surface area contributed by atoms with Gasteiger partial charge in [-0.05, 0) is 60.9 Å². The Bertz CT molecular complexity index is 938. The van der Waals surface area contributed by atoms with E-state index in [1.807, 2.05) is 6.07 Å². The van der Waals surface area contributed by atoms with Crippen LogP contribution >= 0.6 is 0 Å². The summed E-state index contributed by atoms with van der Waals surface area (Å²) in [6.07, 6.45) is 7.52. The number of primary amides is 1. The van der Waals surface area contributed by atoms with Crippen LogP contribution in [0.3, 0.4) is 0 Å². The molecule has 3 N–H and O–H groups in total. The molecule has 0 radical (unpaired) electrons. The summed E-state index contributed by atoms with van der Waals surface area (Å²) in [6.45, 7) is 0. The second kappa shape index (κ2) is 9.77. The molecule has 166 valence electrons. The number of rotatable bonds is 7. The normalized spacial score (nSPS) is 17.5. The third kappa shape index (κ3) is 5.82. The van der Waals surface area contributed by atoms with Crippen molar-refractivity contribution in [2.75, 3.05) is 0 Å². The van der Waals surface area contributed by atoms with Crippen LogP contribution in [-0.2, 0) is 11.2 Å². The number of nitrogens with zero attached hydrogens (tertiary/aromatic N) is 1. The van der Waals surface area contributed by atoms with E-state index in [1.165, 1.54) is 17.7 Å². The zero-order valence-corrected chi connectivity index (χ0v) is 18.3. The highest BCUT2D eigenvalue weighted by Gasteiger charge is 2.36. The zero-order chi connectivity index (χ0) is 21.1. The monoisotopic (exact) mass is 444 g/mol. The standard InChI is InChI=1S/C24H28FN3O2.ClH/c25-18-8-4-16(5-9-18)14-21-19(17-6-7-17)10-11-20(27-21)23(30)28-24(15-22(26)29)12-2-1-3-13-24;/h4-5,8-11,17H,1-3,6-7,12-15H2,(H2,26,29)(H,28,30);1H/p-1. The van der Waals surface area contributed by atoms with Crippen LogP contribution in [0, 0.1) is 5.82 Å². The maximum atomic E-state index is 13.3. The van der Waals surface area contributed by atoms with Crippen molar-refractivity contribution in [2.45, 2.75) is 69.2 Å². The number of benzene rings is 1. The van der Waals surface area contributed by atoms with Gasteiger partial charge in [-0.15, -0.1) is 0 Å². The Morgan fingerprint density at radius 2 is 1.74 bits per heavy atom. The van der Waals surface area contributed by atoms with E-state index in [9.17, 15) is 14.0 Å². The smallest absolute Gasteiger partial charge is 0.270 e. The Balaban J connectivity index is 0.00000272. The molecule has 0 aliphatic heterocycles. The fraction of sp³-hybridized carbons (Fsp3) is 0.458. The van der Waals surface area contributed by atoms with Crippen LogP contribution in [-0.4, -0.2) is 22.3 Å². The van der Waals surface area contributed by atoms with E-state index in [0.717, 1.165) is 56.2 Å². The van der Waals surface area contributed by atoms with Gasteiger partial charge >= 0.3 is 0 Å². The van der Waals surface area contributed by atoms with Crippen LogP contribution in [0.2, 0.25) is 0 Å². The highest BCUT2D eigenvalue weighted by atomic mass is 35.5. The van der Waals surface area contributed by atoms with Crippen LogP contribution in [0.25, 0.3) is 0 Å². The molecule has 2 aliphatic rings. The first-order chi connectivity index (χ1) is 14.4. The summed E-state index contributed by atoms with van der Waals surface area (Å²) < 4.78 is 13.3. The second-order valence-electron chi connectivity index (χ2n) is 8.75. The van der Waals surface area contributed by atoms with Gasteiger partial charge < -0.3 is 23.5 Å². The fourth-order valence-corrected chi connectivity index (χ4v) is 4.55. The Labute approximate surface area is 188 Å². The van der Waals surface area contributed by atoms with Gasteiger partial charge in [-0.25, -0.2) is 9.37 Å². The first-order valence-electron chi connectivity index (χ1n) is 10.8. The van der Waals surface area contributed by atoms with Crippen LogP contribution < -0.4 is 23.5 Å². The number of amides is 2. The Morgan fingerprint density at radius 3 is 2.35 bits per heavy atom. The molecule has 0 unspecified atom stereocenters. The lowest BCUT2D eigenvalue weighted by molar-refractivity contribution is -0.119. The molecule has 1 heterocycles. The molecule has 1 aromatic carbocycles. The van der Waals surface area contributed by atoms with Crippen LogP contribution in [0.1, 0.15) is 84.6 Å². The first-order valence-corrected chi connectivity index (χ1v) is 10.8. The van der Waals surface area contributed by atoms with Gasteiger partial charge in [0.25, 0.3) is 5.91 Å². The van der Waals surface area contributed by atoms with Crippen LogP contribution in [0.4, 0.5) is 4.39 Å². The Kier molecular flexibility index (Phi) is 7.31. The number of aromatic nitrogens is 1.